The van der Waals surface area contributed by atoms with Crippen molar-refractivity contribution >= 4 is 55.0 Å². The predicted molar refractivity (Wildman–Crippen MR) is 109 cm³/mol. The first kappa shape index (κ1) is 18.1. The number of aromatic nitrogens is 1. The maximum atomic E-state index is 13.0. The van der Waals surface area contributed by atoms with Gasteiger partial charge in [0.2, 0.25) is 5.91 Å². The number of rotatable bonds is 4. The molecule has 0 aliphatic carbocycles. The molecule has 1 unspecified atom stereocenters. The van der Waals surface area contributed by atoms with Gasteiger partial charge in [0.25, 0.3) is 0 Å². The van der Waals surface area contributed by atoms with Gasteiger partial charge in [-0.15, -0.1) is 11.3 Å². The van der Waals surface area contributed by atoms with Crippen LogP contribution in [0.3, 0.4) is 0 Å². The van der Waals surface area contributed by atoms with Crippen LogP contribution in [0.25, 0.3) is 10.2 Å². The number of halogens is 1. The van der Waals surface area contributed by atoms with Crippen molar-refractivity contribution in [1.82, 2.24) is 4.98 Å². The number of benzene rings is 2. The van der Waals surface area contributed by atoms with Gasteiger partial charge in [-0.05, 0) is 43.2 Å². The molecule has 0 bridgehead atoms. The summed E-state index contributed by atoms with van der Waals surface area (Å²) in [5.74, 6) is -1.64. The molecule has 4 rings (SSSR count). The Labute approximate surface area is 168 Å². The highest BCUT2D eigenvalue weighted by molar-refractivity contribution is 9.10. The Bertz CT molecular complexity index is 1060. The number of carbonyl (C=O) groups is 2. The fourth-order valence-corrected chi connectivity index (χ4v) is 4.80. The maximum absolute atomic E-state index is 13.0. The van der Waals surface area contributed by atoms with Crippen LogP contribution >= 0.6 is 27.3 Å². The summed E-state index contributed by atoms with van der Waals surface area (Å²) in [4.78, 5) is 30.6. The van der Waals surface area contributed by atoms with Crippen molar-refractivity contribution in [3.63, 3.8) is 0 Å². The zero-order valence-corrected chi connectivity index (χ0v) is 17.0. The maximum Gasteiger partial charge on any atom is 0.304 e. The van der Waals surface area contributed by atoms with Gasteiger partial charge in [0, 0.05) is 10.2 Å². The highest BCUT2D eigenvalue weighted by Gasteiger charge is 2.34. The Balaban J connectivity index is 1.72. The van der Waals surface area contributed by atoms with Crippen LogP contribution in [0.1, 0.15) is 22.6 Å². The Kier molecular flexibility index (Phi) is 4.74. The molecule has 1 amide bonds. The predicted octanol–water partition coefficient (Wildman–Crippen LogP) is 4.55. The molecule has 0 spiro atoms. The molecule has 1 atom stereocenters. The fourth-order valence-electron chi connectivity index (χ4n) is 3.52. The molecular weight excluding hydrogens is 428 g/mol. The van der Waals surface area contributed by atoms with Gasteiger partial charge < -0.3 is 10.0 Å². The number of amides is 1. The van der Waals surface area contributed by atoms with Crippen molar-refractivity contribution in [1.29, 1.82) is 0 Å². The summed E-state index contributed by atoms with van der Waals surface area (Å²) in [5.41, 5.74) is 3.86. The first-order chi connectivity index (χ1) is 12.9. The molecule has 5 nitrogen and oxygen atoms in total. The number of hydrogen-bond donors (Lipinski definition) is 1. The summed E-state index contributed by atoms with van der Waals surface area (Å²) < 4.78 is 2.02. The third-order valence-corrected chi connectivity index (χ3v) is 6.23. The second-order valence-electron chi connectivity index (χ2n) is 6.78. The summed E-state index contributed by atoms with van der Waals surface area (Å²) >= 11 is 5.01. The van der Waals surface area contributed by atoms with Gasteiger partial charge in [0.05, 0.1) is 29.1 Å². The van der Waals surface area contributed by atoms with Crippen molar-refractivity contribution < 1.29 is 14.7 Å². The number of aryl methyl sites for hydroxylation is 1. The zero-order chi connectivity index (χ0) is 19.1. The average molecular weight is 445 g/mol. The number of anilines is 1. The van der Waals surface area contributed by atoms with Gasteiger partial charge in [0.15, 0.2) is 0 Å². The van der Waals surface area contributed by atoms with Crippen molar-refractivity contribution in [3.05, 3.63) is 57.0 Å². The number of hydrogen-bond acceptors (Lipinski definition) is 4. The topological polar surface area (TPSA) is 70.5 Å². The van der Waals surface area contributed by atoms with Gasteiger partial charge in [-0.25, -0.2) is 4.98 Å². The molecule has 27 heavy (non-hydrogen) atoms. The summed E-state index contributed by atoms with van der Waals surface area (Å²) in [7, 11) is 0. The van der Waals surface area contributed by atoms with E-state index >= 15 is 0 Å². The van der Waals surface area contributed by atoms with E-state index in [2.05, 4.69) is 20.9 Å². The quantitative estimate of drug-likeness (QED) is 0.640. The highest BCUT2D eigenvalue weighted by atomic mass is 79.9. The SMILES string of the molecule is Cc1ccc2c(c1)CC(CC(=O)O)C(=O)N2Cc1nc2cc(Br)ccc2s1. The molecule has 3 aromatic rings. The van der Waals surface area contributed by atoms with E-state index in [1.54, 1.807) is 16.2 Å². The van der Waals surface area contributed by atoms with Crippen molar-refractivity contribution in [2.24, 2.45) is 5.92 Å². The molecule has 1 aliphatic heterocycles. The van der Waals surface area contributed by atoms with Crippen LogP contribution in [0.4, 0.5) is 5.69 Å². The Morgan fingerprint density at radius 3 is 2.93 bits per heavy atom. The van der Waals surface area contributed by atoms with E-state index in [1.807, 2.05) is 43.3 Å². The van der Waals surface area contributed by atoms with E-state index in [0.717, 1.165) is 36.5 Å². The van der Waals surface area contributed by atoms with Crippen LogP contribution in [-0.2, 0) is 22.6 Å². The molecule has 1 aliphatic rings. The molecule has 138 valence electrons. The minimum Gasteiger partial charge on any atom is -0.481 e. The second-order valence-corrected chi connectivity index (χ2v) is 8.81. The summed E-state index contributed by atoms with van der Waals surface area (Å²) in [6, 6.07) is 11.9. The number of thiazole rings is 1. The summed E-state index contributed by atoms with van der Waals surface area (Å²) in [5, 5.41) is 10.0. The van der Waals surface area contributed by atoms with E-state index in [0.29, 0.717) is 13.0 Å². The summed E-state index contributed by atoms with van der Waals surface area (Å²) in [6.07, 6.45) is 0.306. The smallest absolute Gasteiger partial charge is 0.304 e. The van der Waals surface area contributed by atoms with Crippen molar-refractivity contribution in [3.8, 4) is 0 Å². The Morgan fingerprint density at radius 2 is 2.15 bits per heavy atom. The molecule has 2 aromatic carbocycles. The molecule has 0 fully saturated rings. The van der Waals surface area contributed by atoms with Crippen LogP contribution < -0.4 is 4.90 Å². The lowest BCUT2D eigenvalue weighted by atomic mass is 9.88. The van der Waals surface area contributed by atoms with Gasteiger partial charge >= 0.3 is 5.97 Å². The highest BCUT2D eigenvalue weighted by Crippen LogP contribution is 2.35. The summed E-state index contributed by atoms with van der Waals surface area (Å²) in [6.45, 7) is 2.35. The van der Waals surface area contributed by atoms with Crippen LogP contribution in [0, 0.1) is 12.8 Å². The molecular formula is C20H17BrN2O3S. The number of carbonyl (C=O) groups excluding carboxylic acids is 1. The third kappa shape index (κ3) is 3.61. The lowest BCUT2D eigenvalue weighted by molar-refractivity contribution is -0.140. The van der Waals surface area contributed by atoms with E-state index < -0.39 is 11.9 Å². The molecule has 1 N–H and O–H groups in total. The van der Waals surface area contributed by atoms with Crippen LogP contribution in [0.2, 0.25) is 0 Å². The van der Waals surface area contributed by atoms with E-state index in [1.165, 1.54) is 0 Å². The minimum absolute atomic E-state index is 0.144. The lowest BCUT2D eigenvalue weighted by Crippen LogP contribution is -2.41. The Hall–Kier alpha value is -2.25. The normalized spacial score (nSPS) is 16.6. The first-order valence-corrected chi connectivity index (χ1v) is 10.2. The molecule has 0 saturated heterocycles. The average Bonchev–Trinajstić information content (AvgIpc) is 2.99. The first-order valence-electron chi connectivity index (χ1n) is 8.58. The largest absolute Gasteiger partial charge is 0.481 e. The van der Waals surface area contributed by atoms with E-state index in [-0.39, 0.29) is 12.3 Å². The van der Waals surface area contributed by atoms with Crippen LogP contribution in [0.15, 0.2) is 40.9 Å². The zero-order valence-electron chi connectivity index (χ0n) is 14.6. The molecule has 1 aromatic heterocycles. The number of fused-ring (bicyclic) bond motifs is 2. The van der Waals surface area contributed by atoms with Gasteiger partial charge in [0.1, 0.15) is 5.01 Å². The van der Waals surface area contributed by atoms with Crippen molar-refractivity contribution in [2.75, 3.05) is 4.90 Å². The molecule has 0 radical (unpaired) electrons. The van der Waals surface area contributed by atoms with Gasteiger partial charge in [-0.1, -0.05) is 33.6 Å². The Morgan fingerprint density at radius 1 is 1.33 bits per heavy atom. The van der Waals surface area contributed by atoms with Gasteiger partial charge in [-0.3, -0.25) is 9.59 Å². The van der Waals surface area contributed by atoms with E-state index in [4.69, 9.17) is 0 Å². The lowest BCUT2D eigenvalue weighted by Gasteiger charge is -2.33. The number of aliphatic carboxylic acids is 1. The van der Waals surface area contributed by atoms with Crippen LogP contribution in [0.5, 0.6) is 0 Å². The van der Waals surface area contributed by atoms with Crippen molar-refractivity contribution in [2.45, 2.75) is 26.3 Å². The number of carboxylic acid groups (broad SMARTS) is 1. The van der Waals surface area contributed by atoms with Gasteiger partial charge in [-0.2, -0.15) is 0 Å². The molecule has 2 heterocycles. The third-order valence-electron chi connectivity index (χ3n) is 4.72. The second kappa shape index (κ2) is 7.05. The van der Waals surface area contributed by atoms with Crippen LogP contribution in [-0.4, -0.2) is 22.0 Å². The minimum atomic E-state index is -0.950. The standard InChI is InChI=1S/C20H17BrN2O3S/c1-11-2-4-16-12(6-11)7-13(8-19(24)25)20(26)23(16)10-18-22-15-9-14(21)3-5-17(15)27-18/h2-6,9,13H,7-8,10H2,1H3,(H,24,25). The molecule has 0 saturated carbocycles. The fraction of sp³-hybridized carbons (Fsp3) is 0.250. The monoisotopic (exact) mass is 444 g/mol. The molecule has 7 heteroatoms. The number of carboxylic acids is 1. The number of nitrogens with zero attached hydrogens (tertiary/aromatic N) is 2. The van der Waals surface area contributed by atoms with E-state index in [9.17, 15) is 14.7 Å².